The summed E-state index contributed by atoms with van der Waals surface area (Å²) in [7, 11) is 0. The second-order valence-electron chi connectivity index (χ2n) is 5.03. The molecular formula is C15H21ClFNO. The summed E-state index contributed by atoms with van der Waals surface area (Å²) in [6.45, 7) is 4.60. The number of hydrogen-bond acceptors (Lipinski definition) is 2. The van der Waals surface area contributed by atoms with Crippen molar-refractivity contribution < 1.29 is 9.13 Å². The van der Waals surface area contributed by atoms with E-state index >= 15 is 0 Å². The first-order chi connectivity index (χ1) is 9.22. The van der Waals surface area contributed by atoms with Crippen LogP contribution < -0.4 is 5.32 Å². The third-order valence-corrected chi connectivity index (χ3v) is 4.06. The molecule has 1 saturated heterocycles. The van der Waals surface area contributed by atoms with E-state index in [0.717, 1.165) is 32.6 Å². The van der Waals surface area contributed by atoms with Crippen LogP contribution in [0.15, 0.2) is 18.2 Å². The molecule has 1 fully saturated rings. The second-order valence-corrected chi connectivity index (χ2v) is 5.44. The topological polar surface area (TPSA) is 21.3 Å². The van der Waals surface area contributed by atoms with Gasteiger partial charge >= 0.3 is 0 Å². The van der Waals surface area contributed by atoms with Crippen molar-refractivity contribution in [2.45, 2.75) is 32.2 Å². The van der Waals surface area contributed by atoms with Gasteiger partial charge in [0.05, 0.1) is 5.02 Å². The quantitative estimate of drug-likeness (QED) is 0.895. The summed E-state index contributed by atoms with van der Waals surface area (Å²) in [5.74, 6) is 0.270. The fourth-order valence-corrected chi connectivity index (χ4v) is 2.92. The van der Waals surface area contributed by atoms with Gasteiger partial charge in [-0.3, -0.25) is 0 Å². The second kappa shape index (κ2) is 7.22. The number of halogens is 2. The Morgan fingerprint density at radius 2 is 2.16 bits per heavy atom. The summed E-state index contributed by atoms with van der Waals surface area (Å²) in [4.78, 5) is 0. The molecule has 1 aromatic carbocycles. The molecule has 2 rings (SSSR count). The van der Waals surface area contributed by atoms with Crippen molar-refractivity contribution in [3.05, 3.63) is 34.6 Å². The number of rotatable bonds is 5. The Labute approximate surface area is 119 Å². The minimum atomic E-state index is -0.279. The summed E-state index contributed by atoms with van der Waals surface area (Å²) in [6.07, 6.45) is 2.77. The first kappa shape index (κ1) is 14.8. The van der Waals surface area contributed by atoms with E-state index in [2.05, 4.69) is 12.2 Å². The number of nitrogens with one attached hydrogen (secondary N) is 1. The van der Waals surface area contributed by atoms with E-state index in [1.807, 2.05) is 12.1 Å². The molecule has 0 saturated carbocycles. The number of hydrogen-bond donors (Lipinski definition) is 1. The van der Waals surface area contributed by atoms with Gasteiger partial charge in [0.15, 0.2) is 0 Å². The van der Waals surface area contributed by atoms with Gasteiger partial charge < -0.3 is 10.1 Å². The Bertz CT molecular complexity index is 407. The van der Waals surface area contributed by atoms with Crippen molar-refractivity contribution in [3.8, 4) is 0 Å². The maximum atomic E-state index is 14.0. The molecular weight excluding hydrogens is 265 g/mol. The smallest absolute Gasteiger partial charge is 0.145 e. The molecule has 19 heavy (non-hydrogen) atoms. The number of ether oxygens (including phenoxy) is 1. The van der Waals surface area contributed by atoms with Gasteiger partial charge in [-0.1, -0.05) is 30.7 Å². The maximum Gasteiger partial charge on any atom is 0.145 e. The highest BCUT2D eigenvalue weighted by atomic mass is 35.5. The van der Waals surface area contributed by atoms with E-state index in [1.54, 1.807) is 6.07 Å². The van der Waals surface area contributed by atoms with Crippen molar-refractivity contribution >= 4 is 11.6 Å². The predicted octanol–water partition coefficient (Wildman–Crippen LogP) is 3.43. The van der Waals surface area contributed by atoms with Gasteiger partial charge in [0.2, 0.25) is 0 Å². The molecule has 1 N–H and O–H groups in total. The molecule has 0 aromatic heterocycles. The summed E-state index contributed by atoms with van der Waals surface area (Å²) in [5.41, 5.74) is 0.699. The molecule has 4 heteroatoms. The highest BCUT2D eigenvalue weighted by Gasteiger charge is 2.24. The normalized spacial score (nSPS) is 18.5. The van der Waals surface area contributed by atoms with E-state index in [9.17, 15) is 4.39 Å². The molecule has 1 aliphatic rings. The third kappa shape index (κ3) is 3.91. The van der Waals surface area contributed by atoms with Crippen molar-refractivity contribution in [1.29, 1.82) is 0 Å². The van der Waals surface area contributed by atoms with Crippen molar-refractivity contribution in [2.24, 2.45) is 5.92 Å². The largest absolute Gasteiger partial charge is 0.381 e. The molecule has 1 heterocycles. The molecule has 0 aliphatic carbocycles. The van der Waals surface area contributed by atoms with Gasteiger partial charge in [0.25, 0.3) is 0 Å². The molecule has 106 valence electrons. The van der Waals surface area contributed by atoms with Crippen LogP contribution in [0.3, 0.4) is 0 Å². The van der Waals surface area contributed by atoms with E-state index < -0.39 is 0 Å². The lowest BCUT2D eigenvalue weighted by molar-refractivity contribution is 0.0539. The monoisotopic (exact) mass is 285 g/mol. The third-order valence-electron chi connectivity index (χ3n) is 3.77. The van der Waals surface area contributed by atoms with Crippen LogP contribution >= 0.6 is 11.6 Å². The standard InChI is InChI=1S/C15H21ClFNO/c1-2-18-14(11-6-8-19-9-7-11)10-12-4-3-5-13(16)15(12)17/h3-5,11,14,18H,2,6-10H2,1H3. The van der Waals surface area contributed by atoms with Crippen LogP contribution in [0.2, 0.25) is 5.02 Å². The average molecular weight is 286 g/mol. The van der Waals surface area contributed by atoms with Gasteiger partial charge in [-0.25, -0.2) is 4.39 Å². The highest BCUT2D eigenvalue weighted by Crippen LogP contribution is 2.24. The van der Waals surface area contributed by atoms with Crippen LogP contribution in [0.5, 0.6) is 0 Å². The Balaban J connectivity index is 2.08. The van der Waals surface area contributed by atoms with Crippen molar-refractivity contribution in [1.82, 2.24) is 5.32 Å². The molecule has 0 amide bonds. The molecule has 0 spiro atoms. The average Bonchev–Trinajstić information content (AvgIpc) is 2.44. The Morgan fingerprint density at radius 3 is 2.84 bits per heavy atom. The summed E-state index contributed by atoms with van der Waals surface area (Å²) in [5, 5.41) is 3.69. The lowest BCUT2D eigenvalue weighted by Crippen LogP contribution is -2.40. The zero-order valence-corrected chi connectivity index (χ0v) is 12.0. The molecule has 1 unspecified atom stereocenters. The molecule has 1 aliphatic heterocycles. The molecule has 1 atom stereocenters. The van der Waals surface area contributed by atoms with E-state index in [4.69, 9.17) is 16.3 Å². The number of benzene rings is 1. The van der Waals surface area contributed by atoms with Gasteiger partial charge in [-0.15, -0.1) is 0 Å². The predicted molar refractivity (Wildman–Crippen MR) is 76.1 cm³/mol. The van der Waals surface area contributed by atoms with Crippen LogP contribution in [-0.2, 0) is 11.2 Å². The zero-order valence-electron chi connectivity index (χ0n) is 11.3. The minimum absolute atomic E-state index is 0.208. The van der Waals surface area contributed by atoms with E-state index in [-0.39, 0.29) is 10.8 Å². The summed E-state index contributed by atoms with van der Waals surface area (Å²) >= 11 is 5.84. The van der Waals surface area contributed by atoms with Crippen molar-refractivity contribution in [2.75, 3.05) is 19.8 Å². The Morgan fingerprint density at radius 1 is 1.42 bits per heavy atom. The zero-order chi connectivity index (χ0) is 13.7. The molecule has 0 bridgehead atoms. The lowest BCUT2D eigenvalue weighted by Gasteiger charge is -2.31. The van der Waals surface area contributed by atoms with Crippen LogP contribution in [0, 0.1) is 11.7 Å². The van der Waals surface area contributed by atoms with Crippen LogP contribution in [-0.4, -0.2) is 25.8 Å². The first-order valence-electron chi connectivity index (χ1n) is 6.96. The van der Waals surface area contributed by atoms with Gasteiger partial charge in [0.1, 0.15) is 5.82 Å². The fraction of sp³-hybridized carbons (Fsp3) is 0.600. The SMILES string of the molecule is CCNC(Cc1cccc(Cl)c1F)C1CCOCC1. The maximum absolute atomic E-state index is 14.0. The first-order valence-corrected chi connectivity index (χ1v) is 7.34. The number of likely N-dealkylation sites (N-methyl/N-ethyl adjacent to an activating group) is 1. The van der Waals surface area contributed by atoms with E-state index in [1.165, 1.54) is 0 Å². The van der Waals surface area contributed by atoms with Gasteiger partial charge in [-0.05, 0) is 43.4 Å². The van der Waals surface area contributed by atoms with E-state index in [0.29, 0.717) is 23.9 Å². The minimum Gasteiger partial charge on any atom is -0.381 e. The van der Waals surface area contributed by atoms with Crippen molar-refractivity contribution in [3.63, 3.8) is 0 Å². The highest BCUT2D eigenvalue weighted by molar-refractivity contribution is 6.30. The molecule has 1 aromatic rings. The van der Waals surface area contributed by atoms with Crippen LogP contribution in [0.25, 0.3) is 0 Å². The molecule has 2 nitrogen and oxygen atoms in total. The summed E-state index contributed by atoms with van der Waals surface area (Å²) in [6, 6.07) is 5.53. The Hall–Kier alpha value is -0.640. The molecule has 0 radical (unpaired) electrons. The van der Waals surface area contributed by atoms with Gasteiger partial charge in [-0.2, -0.15) is 0 Å². The Kier molecular flexibility index (Phi) is 5.61. The van der Waals surface area contributed by atoms with Crippen LogP contribution in [0.4, 0.5) is 4.39 Å². The van der Waals surface area contributed by atoms with Crippen LogP contribution in [0.1, 0.15) is 25.3 Å². The summed E-state index contributed by atoms with van der Waals surface area (Å²) < 4.78 is 19.4. The fourth-order valence-electron chi connectivity index (χ4n) is 2.73. The lowest BCUT2D eigenvalue weighted by atomic mass is 9.87. The van der Waals surface area contributed by atoms with Gasteiger partial charge in [0, 0.05) is 19.3 Å².